The van der Waals surface area contributed by atoms with Crippen molar-refractivity contribution >= 4 is 23.4 Å². The normalized spacial score (nSPS) is 17.7. The summed E-state index contributed by atoms with van der Waals surface area (Å²) in [5, 5.41) is 0.594. The molecule has 2 heterocycles. The highest BCUT2D eigenvalue weighted by atomic mass is 35.5. The zero-order chi connectivity index (χ0) is 24.7. The first-order chi connectivity index (χ1) is 16.9. The Hall–Kier alpha value is -3.32. The molecule has 2 amide bonds. The summed E-state index contributed by atoms with van der Waals surface area (Å²) in [7, 11) is 1.83. The second kappa shape index (κ2) is 11.4. The molecule has 0 N–H and O–H groups in total. The van der Waals surface area contributed by atoms with Crippen molar-refractivity contribution in [3.63, 3.8) is 0 Å². The van der Waals surface area contributed by atoms with Gasteiger partial charge < -0.3 is 19.1 Å². The molecule has 2 aromatic carbocycles. The van der Waals surface area contributed by atoms with Crippen LogP contribution in [-0.2, 0) is 22.7 Å². The number of halogens is 1. The van der Waals surface area contributed by atoms with Crippen molar-refractivity contribution in [2.75, 3.05) is 26.7 Å². The fourth-order valence-corrected chi connectivity index (χ4v) is 4.75. The maximum atomic E-state index is 13.4. The van der Waals surface area contributed by atoms with E-state index < -0.39 is 5.41 Å². The molecular weight excluding hydrogens is 464 g/mol. The quantitative estimate of drug-likeness (QED) is 0.445. The van der Waals surface area contributed by atoms with Gasteiger partial charge >= 0.3 is 0 Å². The van der Waals surface area contributed by atoms with Gasteiger partial charge in [-0.05, 0) is 36.6 Å². The number of piperidine rings is 1. The summed E-state index contributed by atoms with van der Waals surface area (Å²) >= 11 is 6.14. The van der Waals surface area contributed by atoms with E-state index in [0.717, 1.165) is 18.4 Å². The number of carbonyl (C=O) groups is 2. The standard InChI is InChI=1S/C27H31ClN4O3/c1-30(17-22-7-3-2-4-8-22)25(33)16-27(20-35-24-10-5-9-23(28)15-24)11-6-13-32(19-27)26(34)18-31-14-12-29-21-31/h2-5,7-10,12,14-15,21H,6,11,13,16-20H2,1H3/t27-/m1/s1. The van der Waals surface area contributed by atoms with Crippen molar-refractivity contribution in [2.45, 2.75) is 32.4 Å². The van der Waals surface area contributed by atoms with Gasteiger partial charge in [0.25, 0.3) is 0 Å². The molecule has 1 fully saturated rings. The molecule has 184 valence electrons. The van der Waals surface area contributed by atoms with E-state index in [1.54, 1.807) is 40.3 Å². The molecule has 4 rings (SSSR count). The monoisotopic (exact) mass is 494 g/mol. The number of likely N-dealkylation sites (tertiary alicyclic amines) is 1. The van der Waals surface area contributed by atoms with Gasteiger partial charge in [-0.1, -0.05) is 48.0 Å². The fourth-order valence-electron chi connectivity index (χ4n) is 4.56. The Bertz CT molecular complexity index is 1120. The number of benzene rings is 2. The predicted molar refractivity (Wildman–Crippen MR) is 135 cm³/mol. The summed E-state index contributed by atoms with van der Waals surface area (Å²) < 4.78 is 7.92. The lowest BCUT2D eigenvalue weighted by Crippen LogP contribution is -2.51. The van der Waals surface area contributed by atoms with Crippen LogP contribution in [-0.4, -0.2) is 57.9 Å². The smallest absolute Gasteiger partial charge is 0.242 e. The Labute approximate surface area is 211 Å². The summed E-state index contributed by atoms with van der Waals surface area (Å²) in [6.07, 6.45) is 6.98. The molecule has 1 atom stereocenters. The first kappa shape index (κ1) is 24.8. The van der Waals surface area contributed by atoms with Gasteiger partial charge in [0.05, 0.1) is 12.9 Å². The van der Waals surface area contributed by atoms with Crippen LogP contribution in [0, 0.1) is 5.41 Å². The van der Waals surface area contributed by atoms with Gasteiger partial charge in [-0.25, -0.2) is 4.98 Å². The van der Waals surface area contributed by atoms with Crippen molar-refractivity contribution in [2.24, 2.45) is 5.41 Å². The minimum atomic E-state index is -0.493. The van der Waals surface area contributed by atoms with Crippen LogP contribution < -0.4 is 4.74 Å². The van der Waals surface area contributed by atoms with Gasteiger partial charge in [0.1, 0.15) is 12.3 Å². The third kappa shape index (κ3) is 6.85. The lowest BCUT2D eigenvalue weighted by molar-refractivity contribution is -0.141. The van der Waals surface area contributed by atoms with E-state index in [1.807, 2.05) is 54.4 Å². The molecule has 0 bridgehead atoms. The van der Waals surface area contributed by atoms with E-state index in [-0.39, 0.29) is 18.4 Å². The molecule has 1 saturated heterocycles. The number of nitrogens with zero attached hydrogens (tertiary/aromatic N) is 4. The average molecular weight is 495 g/mol. The number of aromatic nitrogens is 2. The van der Waals surface area contributed by atoms with E-state index in [0.29, 0.717) is 43.4 Å². The Morgan fingerprint density at radius 1 is 1.17 bits per heavy atom. The van der Waals surface area contributed by atoms with Gasteiger partial charge in [0.15, 0.2) is 0 Å². The Balaban J connectivity index is 1.49. The third-order valence-corrected chi connectivity index (χ3v) is 6.68. The maximum Gasteiger partial charge on any atom is 0.242 e. The number of hydrogen-bond donors (Lipinski definition) is 0. The lowest BCUT2D eigenvalue weighted by Gasteiger charge is -2.43. The van der Waals surface area contributed by atoms with Crippen molar-refractivity contribution in [3.05, 3.63) is 83.9 Å². The predicted octanol–water partition coefficient (Wildman–Crippen LogP) is 4.27. The molecule has 35 heavy (non-hydrogen) atoms. The van der Waals surface area contributed by atoms with Gasteiger partial charge in [-0.2, -0.15) is 0 Å². The maximum absolute atomic E-state index is 13.4. The first-order valence-corrected chi connectivity index (χ1v) is 12.2. The Morgan fingerprint density at radius 2 is 2.00 bits per heavy atom. The van der Waals surface area contributed by atoms with Crippen LogP contribution in [0.1, 0.15) is 24.8 Å². The van der Waals surface area contributed by atoms with Crippen LogP contribution >= 0.6 is 11.6 Å². The van der Waals surface area contributed by atoms with E-state index in [9.17, 15) is 9.59 Å². The number of ether oxygens (including phenoxy) is 1. The van der Waals surface area contributed by atoms with Gasteiger partial charge in [-0.3, -0.25) is 9.59 Å². The molecule has 0 spiro atoms. The third-order valence-electron chi connectivity index (χ3n) is 6.45. The van der Waals surface area contributed by atoms with Crippen molar-refractivity contribution in [3.8, 4) is 5.75 Å². The van der Waals surface area contributed by atoms with Crippen molar-refractivity contribution < 1.29 is 14.3 Å². The summed E-state index contributed by atoms with van der Waals surface area (Å²) in [5.41, 5.74) is 0.584. The topological polar surface area (TPSA) is 67.7 Å². The molecule has 1 aliphatic heterocycles. The second-order valence-corrected chi connectivity index (χ2v) is 9.75. The highest BCUT2D eigenvalue weighted by Crippen LogP contribution is 2.35. The number of hydrogen-bond acceptors (Lipinski definition) is 4. The van der Waals surface area contributed by atoms with E-state index in [4.69, 9.17) is 16.3 Å². The van der Waals surface area contributed by atoms with Gasteiger partial charge in [0, 0.05) is 55.9 Å². The van der Waals surface area contributed by atoms with E-state index in [1.165, 1.54) is 0 Å². The first-order valence-electron chi connectivity index (χ1n) is 11.8. The zero-order valence-corrected chi connectivity index (χ0v) is 20.7. The van der Waals surface area contributed by atoms with Crippen LogP contribution in [0.25, 0.3) is 0 Å². The molecule has 0 aliphatic carbocycles. The molecule has 7 nitrogen and oxygen atoms in total. The molecule has 0 saturated carbocycles. The van der Waals surface area contributed by atoms with Crippen LogP contribution in [0.5, 0.6) is 5.75 Å². The number of imidazole rings is 1. The molecule has 3 aromatic rings. The molecule has 0 radical (unpaired) electrons. The minimum Gasteiger partial charge on any atom is -0.493 e. The number of rotatable bonds is 9. The summed E-state index contributed by atoms with van der Waals surface area (Å²) in [6, 6.07) is 17.2. The average Bonchev–Trinajstić information content (AvgIpc) is 3.37. The highest BCUT2D eigenvalue weighted by Gasteiger charge is 2.40. The molecular formula is C27H31ClN4O3. The summed E-state index contributed by atoms with van der Waals surface area (Å²) in [5.74, 6) is 0.705. The Kier molecular flexibility index (Phi) is 8.08. The van der Waals surface area contributed by atoms with Crippen LogP contribution in [0.4, 0.5) is 0 Å². The van der Waals surface area contributed by atoms with Crippen LogP contribution in [0.3, 0.4) is 0 Å². The highest BCUT2D eigenvalue weighted by molar-refractivity contribution is 6.30. The minimum absolute atomic E-state index is 0.0138. The molecule has 0 unspecified atom stereocenters. The number of carbonyl (C=O) groups excluding carboxylic acids is 2. The number of amides is 2. The van der Waals surface area contributed by atoms with Crippen molar-refractivity contribution in [1.82, 2.24) is 19.4 Å². The van der Waals surface area contributed by atoms with E-state index in [2.05, 4.69) is 4.98 Å². The molecule has 1 aliphatic rings. The van der Waals surface area contributed by atoms with Gasteiger partial charge in [-0.15, -0.1) is 0 Å². The summed E-state index contributed by atoms with van der Waals surface area (Å²) in [6.45, 7) is 2.22. The molecule has 8 heteroatoms. The summed E-state index contributed by atoms with van der Waals surface area (Å²) in [4.78, 5) is 34.0. The van der Waals surface area contributed by atoms with Crippen molar-refractivity contribution in [1.29, 1.82) is 0 Å². The lowest BCUT2D eigenvalue weighted by atomic mass is 9.77. The van der Waals surface area contributed by atoms with Crippen LogP contribution in [0.15, 0.2) is 73.3 Å². The SMILES string of the molecule is CN(Cc1ccccc1)C(=O)C[C@]1(COc2cccc(Cl)c2)CCCN(C(=O)Cn2ccnc2)C1. The second-order valence-electron chi connectivity index (χ2n) is 9.31. The largest absolute Gasteiger partial charge is 0.493 e. The van der Waals surface area contributed by atoms with E-state index >= 15 is 0 Å². The molecule has 1 aromatic heterocycles. The van der Waals surface area contributed by atoms with Gasteiger partial charge in [0.2, 0.25) is 11.8 Å². The van der Waals surface area contributed by atoms with Crippen LogP contribution in [0.2, 0.25) is 5.02 Å². The fraction of sp³-hybridized carbons (Fsp3) is 0.370. The Morgan fingerprint density at radius 3 is 2.74 bits per heavy atom. The zero-order valence-electron chi connectivity index (χ0n) is 20.0.